The van der Waals surface area contributed by atoms with Gasteiger partial charge in [-0.05, 0) is 31.0 Å². The van der Waals surface area contributed by atoms with E-state index in [9.17, 15) is 34.2 Å². The molecule has 1 heterocycles. The molecule has 0 spiro atoms. The number of carbonyl (C=O) groups is 5. The lowest BCUT2D eigenvalue weighted by Gasteiger charge is -2.27. The van der Waals surface area contributed by atoms with E-state index in [2.05, 4.69) is 20.9 Å². The van der Waals surface area contributed by atoms with Crippen LogP contribution in [0.25, 0.3) is 0 Å². The van der Waals surface area contributed by atoms with E-state index in [1.54, 1.807) is 43.3 Å². The summed E-state index contributed by atoms with van der Waals surface area (Å²) in [6.45, 7) is 2.20. The van der Waals surface area contributed by atoms with Gasteiger partial charge >= 0.3 is 11.9 Å². The van der Waals surface area contributed by atoms with Crippen LogP contribution in [-0.4, -0.2) is 75.7 Å². The molecule has 0 saturated heterocycles. The van der Waals surface area contributed by atoms with Gasteiger partial charge in [-0.15, -0.1) is 0 Å². The highest BCUT2D eigenvalue weighted by atomic mass is 16.5. The number of aliphatic hydroxyl groups is 1. The van der Waals surface area contributed by atoms with Gasteiger partial charge in [0.15, 0.2) is 0 Å². The van der Waals surface area contributed by atoms with Crippen LogP contribution in [0.4, 0.5) is 0 Å². The Hall–Kier alpha value is -4.23. The van der Waals surface area contributed by atoms with Gasteiger partial charge in [-0.25, -0.2) is 4.79 Å². The number of carboxylic acid groups (broad SMARTS) is 1. The molecule has 5 atom stereocenters. The third-order valence-corrected chi connectivity index (χ3v) is 5.65. The fourth-order valence-corrected chi connectivity index (χ4v) is 3.44. The van der Waals surface area contributed by atoms with Crippen molar-refractivity contribution in [1.82, 2.24) is 20.9 Å². The van der Waals surface area contributed by atoms with Crippen LogP contribution in [-0.2, 0) is 23.9 Å². The number of aromatic amines is 1. The molecule has 13 heteroatoms. The number of rotatable bonds is 14. The van der Waals surface area contributed by atoms with Crippen molar-refractivity contribution in [2.75, 3.05) is 6.61 Å². The van der Waals surface area contributed by atoms with Gasteiger partial charge in [0, 0.05) is 6.20 Å². The third kappa shape index (κ3) is 8.71. The van der Waals surface area contributed by atoms with E-state index < -0.39 is 73.0 Å². The second-order valence-corrected chi connectivity index (χ2v) is 8.51. The van der Waals surface area contributed by atoms with E-state index in [1.165, 1.54) is 19.2 Å². The van der Waals surface area contributed by atoms with Gasteiger partial charge in [0.25, 0.3) is 0 Å². The van der Waals surface area contributed by atoms with Gasteiger partial charge in [-0.1, -0.05) is 37.3 Å². The van der Waals surface area contributed by atoms with Gasteiger partial charge in [0.1, 0.15) is 23.9 Å². The van der Waals surface area contributed by atoms with E-state index in [0.717, 1.165) is 0 Å². The number of benzene rings is 1. The molecular formula is C25H33N5O8. The van der Waals surface area contributed by atoms with Crippen molar-refractivity contribution in [2.24, 2.45) is 5.73 Å². The maximum absolute atomic E-state index is 13.2. The van der Waals surface area contributed by atoms with Crippen LogP contribution in [0.15, 0.2) is 48.7 Å². The molecule has 2 rings (SSSR count). The zero-order valence-electron chi connectivity index (χ0n) is 21.0. The molecule has 0 fully saturated rings. The standard InChI is InChI=1S/C25H33N5O8/c1-3-16(26)22(34)30-21(14(2)38-25(37)17-10-7-11-27-17)24(36)29-19(13-31)23(35)28-18(12-20(32)33)15-8-5-4-6-9-15/h4-11,14,16,18-19,21,27,31H,3,12-13,26H2,1-2H3,(H,28,35)(H,29,36)(H,30,34)(H,32,33)/t14-,16-,18+,19-,21-/m0/s1. The minimum atomic E-state index is -1.51. The summed E-state index contributed by atoms with van der Waals surface area (Å²) < 4.78 is 5.32. The molecule has 0 radical (unpaired) electrons. The van der Waals surface area contributed by atoms with Crippen molar-refractivity contribution >= 4 is 29.7 Å². The normalized spacial score (nSPS) is 14.7. The molecule has 1 aromatic carbocycles. The Morgan fingerprint density at radius 1 is 0.974 bits per heavy atom. The molecule has 1 aromatic heterocycles. The highest BCUT2D eigenvalue weighted by Crippen LogP contribution is 2.17. The van der Waals surface area contributed by atoms with Gasteiger partial charge in [-0.3, -0.25) is 19.2 Å². The summed E-state index contributed by atoms with van der Waals surface area (Å²) in [6, 6.07) is 6.50. The third-order valence-electron chi connectivity index (χ3n) is 5.65. The molecule has 2 aromatic rings. The summed E-state index contributed by atoms with van der Waals surface area (Å²) in [5.74, 6) is -4.44. The largest absolute Gasteiger partial charge is 0.481 e. The van der Waals surface area contributed by atoms with E-state index in [1.807, 2.05) is 0 Å². The molecule has 8 N–H and O–H groups in total. The maximum atomic E-state index is 13.2. The molecular weight excluding hydrogens is 498 g/mol. The first-order valence-electron chi connectivity index (χ1n) is 12.0. The van der Waals surface area contributed by atoms with Crippen LogP contribution in [0.3, 0.4) is 0 Å². The lowest BCUT2D eigenvalue weighted by Crippen LogP contribution is -2.60. The summed E-state index contributed by atoms with van der Waals surface area (Å²) in [5.41, 5.74) is 6.39. The molecule has 206 valence electrons. The number of carboxylic acids is 1. The highest BCUT2D eigenvalue weighted by Gasteiger charge is 2.34. The average molecular weight is 532 g/mol. The maximum Gasteiger partial charge on any atom is 0.355 e. The minimum Gasteiger partial charge on any atom is -0.481 e. The Kier molecular flexibility index (Phi) is 11.4. The Labute approximate surface area is 219 Å². The first kappa shape index (κ1) is 30.0. The number of aliphatic carboxylic acids is 1. The fourth-order valence-electron chi connectivity index (χ4n) is 3.44. The summed E-state index contributed by atoms with van der Waals surface area (Å²) in [4.78, 5) is 64.9. The number of esters is 1. The summed E-state index contributed by atoms with van der Waals surface area (Å²) in [5, 5.41) is 26.3. The molecule has 3 amide bonds. The van der Waals surface area contributed by atoms with Crippen molar-refractivity contribution in [2.45, 2.75) is 57.0 Å². The molecule has 13 nitrogen and oxygen atoms in total. The molecule has 0 saturated carbocycles. The first-order chi connectivity index (χ1) is 18.1. The number of carbonyl (C=O) groups excluding carboxylic acids is 4. The predicted molar refractivity (Wildman–Crippen MR) is 134 cm³/mol. The number of aromatic nitrogens is 1. The van der Waals surface area contributed by atoms with Crippen molar-refractivity contribution in [3.63, 3.8) is 0 Å². The first-order valence-corrected chi connectivity index (χ1v) is 12.0. The smallest absolute Gasteiger partial charge is 0.355 e. The van der Waals surface area contributed by atoms with Gasteiger partial charge < -0.3 is 41.6 Å². The van der Waals surface area contributed by atoms with Gasteiger partial charge in [-0.2, -0.15) is 0 Å². The van der Waals surface area contributed by atoms with Crippen LogP contribution in [0.5, 0.6) is 0 Å². The van der Waals surface area contributed by atoms with E-state index in [-0.39, 0.29) is 12.1 Å². The predicted octanol–water partition coefficient (Wildman–Crippen LogP) is -0.409. The fraction of sp³-hybridized carbons (Fsp3) is 0.400. The van der Waals surface area contributed by atoms with Crippen molar-refractivity contribution < 1.29 is 38.9 Å². The summed E-state index contributed by atoms with van der Waals surface area (Å²) >= 11 is 0. The Morgan fingerprint density at radius 2 is 1.66 bits per heavy atom. The average Bonchev–Trinajstić information content (AvgIpc) is 3.44. The molecule has 0 aliphatic carbocycles. The number of H-pyrrole nitrogens is 1. The molecule has 0 unspecified atom stereocenters. The number of nitrogens with two attached hydrogens (primary N) is 1. The lowest BCUT2D eigenvalue weighted by atomic mass is 10.0. The monoisotopic (exact) mass is 531 g/mol. The second-order valence-electron chi connectivity index (χ2n) is 8.51. The number of hydrogen-bond donors (Lipinski definition) is 7. The summed E-state index contributed by atoms with van der Waals surface area (Å²) in [7, 11) is 0. The zero-order valence-corrected chi connectivity index (χ0v) is 21.0. The second kappa shape index (κ2) is 14.5. The SMILES string of the molecule is CC[C@H](N)C(=O)N[C@H](C(=O)N[C@@H](CO)C(=O)N[C@H](CC(=O)O)c1ccccc1)[C@H](C)OC(=O)c1ccc[nH]1. The van der Waals surface area contributed by atoms with E-state index >= 15 is 0 Å². The number of hydrogen-bond acceptors (Lipinski definition) is 8. The van der Waals surface area contributed by atoms with Crippen LogP contribution < -0.4 is 21.7 Å². The van der Waals surface area contributed by atoms with Crippen molar-refractivity contribution in [3.05, 3.63) is 59.9 Å². The molecule has 0 aliphatic heterocycles. The number of ether oxygens (including phenoxy) is 1. The Morgan fingerprint density at radius 3 is 2.21 bits per heavy atom. The number of amides is 3. The molecule has 38 heavy (non-hydrogen) atoms. The zero-order chi connectivity index (χ0) is 28.2. The Bertz CT molecular complexity index is 1090. The highest BCUT2D eigenvalue weighted by molar-refractivity contribution is 5.94. The van der Waals surface area contributed by atoms with Crippen LogP contribution in [0, 0.1) is 0 Å². The molecule has 0 aliphatic rings. The van der Waals surface area contributed by atoms with Crippen LogP contribution >= 0.6 is 0 Å². The quantitative estimate of drug-likeness (QED) is 0.158. The minimum absolute atomic E-state index is 0.116. The number of nitrogens with one attached hydrogen (secondary N) is 4. The number of aliphatic hydroxyl groups excluding tert-OH is 1. The molecule has 0 bridgehead atoms. The summed E-state index contributed by atoms with van der Waals surface area (Å²) in [6.07, 6.45) is 0.125. The lowest BCUT2D eigenvalue weighted by molar-refractivity contribution is -0.138. The van der Waals surface area contributed by atoms with Crippen molar-refractivity contribution in [3.8, 4) is 0 Å². The van der Waals surface area contributed by atoms with E-state index in [0.29, 0.717) is 5.56 Å². The van der Waals surface area contributed by atoms with E-state index in [4.69, 9.17) is 10.5 Å². The topological polar surface area (TPSA) is 213 Å². The van der Waals surface area contributed by atoms with Crippen molar-refractivity contribution in [1.29, 1.82) is 0 Å². The van der Waals surface area contributed by atoms with Crippen LogP contribution in [0.2, 0.25) is 0 Å². The Balaban J connectivity index is 2.19. The van der Waals surface area contributed by atoms with Gasteiger partial charge in [0.2, 0.25) is 17.7 Å². The van der Waals surface area contributed by atoms with Gasteiger partial charge in [0.05, 0.1) is 25.1 Å². The van der Waals surface area contributed by atoms with Crippen LogP contribution in [0.1, 0.15) is 48.8 Å².